The molecule has 1 atom stereocenters. The van der Waals surface area contributed by atoms with Crippen LogP contribution < -0.4 is 0 Å². The van der Waals surface area contributed by atoms with Crippen LogP contribution in [0.3, 0.4) is 0 Å². The van der Waals surface area contributed by atoms with E-state index < -0.39 is 11.6 Å². The second-order valence-corrected chi connectivity index (χ2v) is 6.72. The van der Waals surface area contributed by atoms with E-state index in [1.165, 1.54) is 6.07 Å². The fraction of sp³-hybridized carbons (Fsp3) is 0.294. The van der Waals surface area contributed by atoms with Crippen LogP contribution in [0.1, 0.15) is 31.8 Å². The number of carboxylic acids is 1. The summed E-state index contributed by atoms with van der Waals surface area (Å²) in [6, 6.07) is 12.9. The summed E-state index contributed by atoms with van der Waals surface area (Å²) in [7, 11) is 0. The van der Waals surface area contributed by atoms with Crippen LogP contribution in [0.5, 0.6) is 0 Å². The van der Waals surface area contributed by atoms with Gasteiger partial charge in [-0.25, -0.2) is 4.79 Å². The van der Waals surface area contributed by atoms with E-state index in [4.69, 9.17) is 9.84 Å². The van der Waals surface area contributed by atoms with Crippen molar-refractivity contribution in [2.45, 2.75) is 12.5 Å². The Labute approximate surface area is 138 Å². The summed E-state index contributed by atoms with van der Waals surface area (Å²) in [6.45, 7) is 3.37. The molecular formula is C17H17NO4S. The highest BCUT2D eigenvalue weighted by atomic mass is 32.1. The van der Waals surface area contributed by atoms with E-state index in [1.807, 2.05) is 37.3 Å². The maximum absolute atomic E-state index is 12.6. The molecule has 0 unspecified atom stereocenters. The molecule has 1 aliphatic heterocycles. The second-order valence-electron chi connectivity index (χ2n) is 5.64. The Morgan fingerprint density at radius 2 is 1.87 bits per heavy atom. The van der Waals surface area contributed by atoms with Gasteiger partial charge in [0, 0.05) is 6.54 Å². The molecule has 1 aliphatic rings. The molecule has 0 radical (unpaired) electrons. The molecule has 0 saturated carbocycles. The molecule has 1 N–H and O–H groups in total. The quantitative estimate of drug-likeness (QED) is 0.939. The summed E-state index contributed by atoms with van der Waals surface area (Å²) in [5.41, 5.74) is 0.470. The van der Waals surface area contributed by atoms with E-state index in [-0.39, 0.29) is 10.8 Å². The first-order valence-electron chi connectivity index (χ1n) is 7.31. The zero-order valence-electron chi connectivity index (χ0n) is 12.7. The van der Waals surface area contributed by atoms with E-state index in [2.05, 4.69) is 0 Å². The van der Waals surface area contributed by atoms with Crippen LogP contribution in [-0.2, 0) is 10.3 Å². The summed E-state index contributed by atoms with van der Waals surface area (Å²) in [6.07, 6.45) is 0. The van der Waals surface area contributed by atoms with E-state index >= 15 is 0 Å². The minimum absolute atomic E-state index is 0.145. The van der Waals surface area contributed by atoms with Crippen molar-refractivity contribution in [2.75, 3.05) is 19.7 Å². The molecule has 1 aromatic carbocycles. The summed E-state index contributed by atoms with van der Waals surface area (Å²) < 4.78 is 5.93. The number of carboxylic acid groups (broad SMARTS) is 1. The summed E-state index contributed by atoms with van der Waals surface area (Å²) in [4.78, 5) is 26.0. The summed E-state index contributed by atoms with van der Waals surface area (Å²) in [5, 5.41) is 8.99. The van der Waals surface area contributed by atoms with Crippen LogP contribution in [0.25, 0.3) is 0 Å². The van der Waals surface area contributed by atoms with Gasteiger partial charge in [-0.1, -0.05) is 30.3 Å². The van der Waals surface area contributed by atoms with E-state index in [9.17, 15) is 9.59 Å². The number of benzene rings is 1. The number of hydrogen-bond acceptors (Lipinski definition) is 4. The molecule has 2 heterocycles. The molecule has 3 rings (SSSR count). The first kappa shape index (κ1) is 15.7. The first-order valence-corrected chi connectivity index (χ1v) is 8.13. The van der Waals surface area contributed by atoms with Gasteiger partial charge in [0.05, 0.1) is 18.0 Å². The fourth-order valence-corrected chi connectivity index (χ4v) is 3.55. The first-order chi connectivity index (χ1) is 11.0. The topological polar surface area (TPSA) is 66.8 Å². The molecule has 0 aliphatic carbocycles. The van der Waals surface area contributed by atoms with Gasteiger partial charge in [0.25, 0.3) is 5.91 Å². The molecule has 0 bridgehead atoms. The third-order valence-corrected chi connectivity index (χ3v) is 5.03. The van der Waals surface area contributed by atoms with Crippen LogP contribution in [0.4, 0.5) is 0 Å². The zero-order valence-corrected chi connectivity index (χ0v) is 13.5. The number of aromatic carboxylic acids is 1. The van der Waals surface area contributed by atoms with E-state index in [0.717, 1.165) is 16.9 Å². The molecule has 23 heavy (non-hydrogen) atoms. The number of thiophene rings is 1. The predicted molar refractivity (Wildman–Crippen MR) is 86.9 cm³/mol. The average molecular weight is 331 g/mol. The van der Waals surface area contributed by atoms with Gasteiger partial charge in [0.1, 0.15) is 10.5 Å². The van der Waals surface area contributed by atoms with Crippen LogP contribution in [-0.4, -0.2) is 41.6 Å². The van der Waals surface area contributed by atoms with Crippen molar-refractivity contribution >= 4 is 23.2 Å². The molecule has 1 fully saturated rings. The van der Waals surface area contributed by atoms with Gasteiger partial charge in [-0.2, -0.15) is 0 Å². The highest BCUT2D eigenvalue weighted by Gasteiger charge is 2.36. The predicted octanol–water partition coefficient (Wildman–Crippen LogP) is 2.83. The van der Waals surface area contributed by atoms with Crippen LogP contribution in [0, 0.1) is 0 Å². The SMILES string of the molecule is C[C@@]1(c2ccccc2)CN(C(=O)c2ccc(C(=O)O)s2)CCO1. The van der Waals surface area contributed by atoms with Gasteiger partial charge >= 0.3 is 5.97 Å². The Hall–Kier alpha value is -2.18. The molecule has 1 amide bonds. The molecule has 6 heteroatoms. The minimum atomic E-state index is -1.01. The minimum Gasteiger partial charge on any atom is -0.477 e. The van der Waals surface area contributed by atoms with Gasteiger partial charge in [-0.15, -0.1) is 11.3 Å². The molecular weight excluding hydrogens is 314 g/mol. The lowest BCUT2D eigenvalue weighted by molar-refractivity contribution is -0.0929. The molecule has 1 aromatic heterocycles. The smallest absolute Gasteiger partial charge is 0.345 e. The number of carbonyl (C=O) groups is 2. The molecule has 120 valence electrons. The number of morpholine rings is 1. The Kier molecular flexibility index (Phi) is 4.19. The van der Waals surface area contributed by atoms with Crippen molar-refractivity contribution in [3.63, 3.8) is 0 Å². The third-order valence-electron chi connectivity index (χ3n) is 3.97. The van der Waals surface area contributed by atoms with Crippen LogP contribution in [0.15, 0.2) is 42.5 Å². The third kappa shape index (κ3) is 3.13. The van der Waals surface area contributed by atoms with Crippen molar-refractivity contribution in [3.05, 3.63) is 57.8 Å². The van der Waals surface area contributed by atoms with Crippen LogP contribution >= 0.6 is 11.3 Å². The maximum atomic E-state index is 12.6. The molecule has 1 saturated heterocycles. The number of amides is 1. The maximum Gasteiger partial charge on any atom is 0.345 e. The summed E-state index contributed by atoms with van der Waals surface area (Å²) >= 11 is 1.01. The van der Waals surface area contributed by atoms with Gasteiger partial charge in [0.2, 0.25) is 0 Å². The largest absolute Gasteiger partial charge is 0.477 e. The highest BCUT2D eigenvalue weighted by Crippen LogP contribution is 2.30. The van der Waals surface area contributed by atoms with Crippen molar-refractivity contribution < 1.29 is 19.4 Å². The van der Waals surface area contributed by atoms with Crippen molar-refractivity contribution in [1.29, 1.82) is 0 Å². The Balaban J connectivity index is 1.80. The van der Waals surface area contributed by atoms with Crippen molar-refractivity contribution in [1.82, 2.24) is 4.90 Å². The lowest BCUT2D eigenvalue weighted by Gasteiger charge is -2.40. The van der Waals surface area contributed by atoms with Gasteiger partial charge in [0.15, 0.2) is 0 Å². The Morgan fingerprint density at radius 1 is 1.17 bits per heavy atom. The highest BCUT2D eigenvalue weighted by molar-refractivity contribution is 7.15. The van der Waals surface area contributed by atoms with Crippen LogP contribution in [0.2, 0.25) is 0 Å². The normalized spacial score (nSPS) is 21.2. The van der Waals surface area contributed by atoms with Gasteiger partial charge < -0.3 is 14.7 Å². The van der Waals surface area contributed by atoms with E-state index in [0.29, 0.717) is 24.6 Å². The molecule has 2 aromatic rings. The fourth-order valence-electron chi connectivity index (χ4n) is 2.73. The number of carbonyl (C=O) groups excluding carboxylic acids is 1. The standard InChI is InChI=1S/C17H17NO4S/c1-17(12-5-3-2-4-6-12)11-18(9-10-22-17)15(19)13-7-8-14(23-13)16(20)21/h2-8H,9-11H2,1H3,(H,20,21)/t17-/m0/s1. The number of rotatable bonds is 3. The lowest BCUT2D eigenvalue weighted by atomic mass is 9.94. The molecule has 5 nitrogen and oxygen atoms in total. The number of nitrogens with zero attached hydrogens (tertiary/aromatic N) is 1. The number of hydrogen-bond donors (Lipinski definition) is 1. The van der Waals surface area contributed by atoms with Gasteiger partial charge in [-0.05, 0) is 24.6 Å². The monoisotopic (exact) mass is 331 g/mol. The summed E-state index contributed by atoms with van der Waals surface area (Å²) in [5.74, 6) is -1.15. The van der Waals surface area contributed by atoms with Gasteiger partial charge in [-0.3, -0.25) is 4.79 Å². The van der Waals surface area contributed by atoms with Crippen molar-refractivity contribution in [2.24, 2.45) is 0 Å². The average Bonchev–Trinajstić information content (AvgIpc) is 3.05. The lowest BCUT2D eigenvalue weighted by Crippen LogP contribution is -2.50. The molecule has 0 spiro atoms. The zero-order chi connectivity index (χ0) is 16.4. The van der Waals surface area contributed by atoms with Crippen molar-refractivity contribution in [3.8, 4) is 0 Å². The van der Waals surface area contributed by atoms with E-state index in [1.54, 1.807) is 11.0 Å². The second kappa shape index (κ2) is 6.14. The number of ether oxygens (including phenoxy) is 1. The Bertz CT molecular complexity index is 727. The Morgan fingerprint density at radius 3 is 2.52 bits per heavy atom.